The second-order valence-corrected chi connectivity index (χ2v) is 9.01. The van der Waals surface area contributed by atoms with E-state index < -0.39 is 0 Å². The van der Waals surface area contributed by atoms with E-state index >= 15 is 0 Å². The van der Waals surface area contributed by atoms with Gasteiger partial charge in [0.15, 0.2) is 0 Å². The Morgan fingerprint density at radius 1 is 0.867 bits per heavy atom. The summed E-state index contributed by atoms with van der Waals surface area (Å²) in [7, 11) is 0. The van der Waals surface area contributed by atoms with Gasteiger partial charge in [0.05, 0.1) is 0 Å². The Balaban J connectivity index is 0.00000407. The summed E-state index contributed by atoms with van der Waals surface area (Å²) < 4.78 is 5.85. The Bertz CT molecular complexity index is 645. The molecule has 3 atom stereocenters. The summed E-state index contributed by atoms with van der Waals surface area (Å²) in [5, 5.41) is 0. The Morgan fingerprint density at radius 2 is 1.47 bits per heavy atom. The van der Waals surface area contributed by atoms with Gasteiger partial charge in [-0.2, -0.15) is 0 Å². The number of allylic oxidation sites excluding steroid dienone is 5. The molecule has 0 bridgehead atoms. The van der Waals surface area contributed by atoms with Crippen LogP contribution in [0.1, 0.15) is 80.7 Å². The van der Waals surface area contributed by atoms with Crippen LogP contribution >= 0.6 is 0 Å². The zero-order chi connectivity index (χ0) is 23.1. The largest absolute Gasteiger partial charge is 0.489 e. The van der Waals surface area contributed by atoms with Gasteiger partial charge >= 0.3 is 0 Å². The van der Waals surface area contributed by atoms with Gasteiger partial charge in [-0.15, -0.1) is 0 Å². The zero-order valence-electron chi connectivity index (χ0n) is 21.5. The number of rotatable bonds is 11. The summed E-state index contributed by atoms with van der Waals surface area (Å²) in [4.78, 5) is 0. The average Bonchev–Trinajstić information content (AvgIpc) is 2.74. The minimum absolute atomic E-state index is 0.460. The minimum Gasteiger partial charge on any atom is -0.489 e. The Kier molecular flexibility index (Phi) is 15.1. The van der Waals surface area contributed by atoms with Crippen LogP contribution in [-0.4, -0.2) is 6.61 Å². The summed E-state index contributed by atoms with van der Waals surface area (Å²) in [5.41, 5.74) is 3.86. The first kappa shape index (κ1) is 28.2. The molecule has 0 heterocycles. The predicted octanol–water partition coefficient (Wildman–Crippen LogP) is 9.19. The van der Waals surface area contributed by atoms with Crippen LogP contribution in [0, 0.1) is 30.6 Å². The van der Waals surface area contributed by atoms with Crippen molar-refractivity contribution in [3.05, 3.63) is 65.3 Å². The van der Waals surface area contributed by atoms with Gasteiger partial charge < -0.3 is 4.74 Å². The number of ether oxygens (including phenoxy) is 1. The lowest BCUT2D eigenvalue weighted by molar-refractivity contribution is 0.352. The standard InChI is InChI=1S/C27H42O.C2H6/c1-20(2)9-13-23(5)25(7)15-16-26(8)24(6)14-10-22(4)19-28-27-17-11-21(3)12-18-27;1-2/h10-12,14-18,20,23,25-26H,9,13,19H2,1-8H3;1-2H3/b16-15-,22-10+,24-14+;. The van der Waals surface area contributed by atoms with Gasteiger partial charge in [-0.1, -0.05) is 102 Å². The molecule has 0 saturated heterocycles. The highest BCUT2D eigenvalue weighted by Gasteiger charge is 2.10. The van der Waals surface area contributed by atoms with E-state index in [4.69, 9.17) is 4.74 Å². The van der Waals surface area contributed by atoms with E-state index in [0.29, 0.717) is 18.4 Å². The first-order valence-corrected chi connectivity index (χ1v) is 11.9. The van der Waals surface area contributed by atoms with Crippen LogP contribution in [0.4, 0.5) is 0 Å². The lowest BCUT2D eigenvalue weighted by atomic mass is 9.88. The van der Waals surface area contributed by atoms with E-state index in [9.17, 15) is 0 Å². The summed E-state index contributed by atoms with van der Waals surface area (Å²) in [6.45, 7) is 22.7. The molecule has 1 heteroatoms. The minimum atomic E-state index is 0.460. The number of hydrogen-bond acceptors (Lipinski definition) is 1. The summed E-state index contributed by atoms with van der Waals surface area (Å²) in [5.74, 6) is 3.57. The van der Waals surface area contributed by atoms with Crippen LogP contribution in [0.2, 0.25) is 0 Å². The van der Waals surface area contributed by atoms with Crippen LogP contribution < -0.4 is 4.74 Å². The maximum Gasteiger partial charge on any atom is 0.119 e. The van der Waals surface area contributed by atoms with Gasteiger partial charge in [-0.25, -0.2) is 0 Å². The fourth-order valence-electron chi connectivity index (χ4n) is 2.85. The lowest BCUT2D eigenvalue weighted by Gasteiger charge is -2.18. The van der Waals surface area contributed by atoms with Crippen molar-refractivity contribution in [3.8, 4) is 5.75 Å². The van der Waals surface area contributed by atoms with E-state index in [1.165, 1.54) is 29.6 Å². The van der Waals surface area contributed by atoms with Crippen molar-refractivity contribution in [1.29, 1.82) is 0 Å². The van der Waals surface area contributed by atoms with Gasteiger partial charge in [-0.3, -0.25) is 0 Å². The number of hydrogen-bond donors (Lipinski definition) is 0. The molecule has 3 unspecified atom stereocenters. The molecule has 0 spiro atoms. The molecule has 0 N–H and O–H groups in total. The summed E-state index contributed by atoms with van der Waals surface area (Å²) in [6.07, 6.45) is 11.8. The van der Waals surface area contributed by atoms with Crippen LogP contribution in [-0.2, 0) is 0 Å². The van der Waals surface area contributed by atoms with Gasteiger partial charge in [0, 0.05) is 0 Å². The first-order chi connectivity index (χ1) is 14.2. The third kappa shape index (κ3) is 12.7. The van der Waals surface area contributed by atoms with Gasteiger partial charge in [0.25, 0.3) is 0 Å². The molecule has 0 aromatic heterocycles. The van der Waals surface area contributed by atoms with Gasteiger partial charge in [0.1, 0.15) is 12.4 Å². The van der Waals surface area contributed by atoms with Crippen molar-refractivity contribution in [2.24, 2.45) is 23.7 Å². The van der Waals surface area contributed by atoms with E-state index in [2.05, 4.69) is 91.8 Å². The summed E-state index contributed by atoms with van der Waals surface area (Å²) >= 11 is 0. The predicted molar refractivity (Wildman–Crippen MR) is 136 cm³/mol. The van der Waals surface area contributed by atoms with Crippen molar-refractivity contribution in [3.63, 3.8) is 0 Å². The second kappa shape index (κ2) is 16.0. The molecule has 1 nitrogen and oxygen atoms in total. The van der Waals surface area contributed by atoms with Crippen molar-refractivity contribution >= 4 is 0 Å². The second-order valence-electron chi connectivity index (χ2n) is 9.01. The zero-order valence-corrected chi connectivity index (χ0v) is 21.5. The lowest BCUT2D eigenvalue weighted by Crippen LogP contribution is -2.07. The van der Waals surface area contributed by atoms with E-state index in [1.807, 2.05) is 26.0 Å². The third-order valence-electron chi connectivity index (χ3n) is 5.64. The van der Waals surface area contributed by atoms with Crippen LogP contribution in [0.5, 0.6) is 5.75 Å². The third-order valence-corrected chi connectivity index (χ3v) is 5.64. The molecular weight excluding hydrogens is 364 g/mol. The molecule has 1 aromatic rings. The van der Waals surface area contributed by atoms with Crippen molar-refractivity contribution in [1.82, 2.24) is 0 Å². The van der Waals surface area contributed by atoms with Gasteiger partial charge in [-0.05, 0) is 68.6 Å². The highest BCUT2D eigenvalue weighted by molar-refractivity contribution is 5.27. The Hall–Kier alpha value is -1.76. The molecular formula is C29H48O. The molecule has 170 valence electrons. The van der Waals surface area contributed by atoms with E-state index in [1.54, 1.807) is 0 Å². The average molecular weight is 413 g/mol. The molecule has 0 fully saturated rings. The Labute approximate surface area is 188 Å². The van der Waals surface area contributed by atoms with Gasteiger partial charge in [0.2, 0.25) is 0 Å². The molecule has 0 aliphatic carbocycles. The number of benzene rings is 1. The molecule has 0 aliphatic rings. The fraction of sp³-hybridized carbons (Fsp3) is 0.586. The molecule has 30 heavy (non-hydrogen) atoms. The molecule has 0 saturated carbocycles. The van der Waals surface area contributed by atoms with E-state index in [-0.39, 0.29) is 0 Å². The van der Waals surface area contributed by atoms with Crippen LogP contribution in [0.3, 0.4) is 0 Å². The van der Waals surface area contributed by atoms with Crippen LogP contribution in [0.15, 0.2) is 59.7 Å². The maximum absolute atomic E-state index is 5.85. The molecule has 0 aliphatic heterocycles. The fourth-order valence-corrected chi connectivity index (χ4v) is 2.85. The van der Waals surface area contributed by atoms with Crippen molar-refractivity contribution < 1.29 is 4.74 Å². The van der Waals surface area contributed by atoms with Crippen molar-refractivity contribution in [2.45, 2.75) is 82.1 Å². The summed E-state index contributed by atoms with van der Waals surface area (Å²) in [6, 6.07) is 8.22. The highest BCUT2D eigenvalue weighted by atomic mass is 16.5. The van der Waals surface area contributed by atoms with Crippen LogP contribution in [0.25, 0.3) is 0 Å². The molecule has 0 radical (unpaired) electrons. The normalized spacial score (nSPS) is 15.6. The number of aryl methyl sites for hydroxylation is 1. The monoisotopic (exact) mass is 412 g/mol. The topological polar surface area (TPSA) is 9.23 Å². The molecule has 1 aromatic carbocycles. The maximum atomic E-state index is 5.85. The smallest absolute Gasteiger partial charge is 0.119 e. The van der Waals surface area contributed by atoms with Crippen molar-refractivity contribution in [2.75, 3.05) is 6.61 Å². The Morgan fingerprint density at radius 3 is 2.03 bits per heavy atom. The quantitative estimate of drug-likeness (QED) is 0.260. The SMILES string of the molecule is C/C(=C\C=C(/C)C(C)/C=C\C(C)C(C)CCC(C)C)COc1ccc(C)cc1.CC. The first-order valence-electron chi connectivity index (χ1n) is 11.9. The highest BCUT2D eigenvalue weighted by Crippen LogP contribution is 2.22. The van der Waals surface area contributed by atoms with E-state index in [0.717, 1.165) is 17.6 Å². The molecule has 0 amide bonds. The molecule has 1 rings (SSSR count).